The number of hydrogen-bond donors (Lipinski definition) is 1. The van der Waals surface area contributed by atoms with Crippen LogP contribution in [0, 0.1) is 0 Å². The maximum atomic E-state index is 10.5. The van der Waals surface area contributed by atoms with Crippen molar-refractivity contribution >= 4 is 11.8 Å². The first kappa shape index (κ1) is 9.68. The van der Waals surface area contributed by atoms with Crippen LogP contribution >= 0.6 is 0 Å². The molecular weight excluding hydrogens is 146 g/mol. The Morgan fingerprint density at radius 1 is 1.55 bits per heavy atom. The third-order valence-corrected chi connectivity index (χ3v) is 1.00. The summed E-state index contributed by atoms with van der Waals surface area (Å²) in [7, 11) is 0. The Bertz CT molecular complexity index is 186. The van der Waals surface area contributed by atoms with Gasteiger partial charge in [-0.1, -0.05) is 13.5 Å². The fraction of sp³-hybridized carbons (Fsp3) is 0.429. The summed E-state index contributed by atoms with van der Waals surface area (Å²) in [4.78, 5) is 25.4. The molecule has 4 nitrogen and oxygen atoms in total. The number of carbonyl (C=O) groups is 2. The van der Waals surface area contributed by atoms with Crippen LogP contribution in [0.25, 0.3) is 0 Å². The van der Waals surface area contributed by atoms with Gasteiger partial charge < -0.3 is 4.84 Å². The molecule has 0 fully saturated rings. The van der Waals surface area contributed by atoms with Gasteiger partial charge in [-0.3, -0.25) is 4.79 Å². The van der Waals surface area contributed by atoms with Crippen LogP contribution in [0.2, 0.25) is 0 Å². The molecule has 0 saturated carbocycles. The zero-order valence-electron chi connectivity index (χ0n) is 6.64. The molecule has 0 aliphatic heterocycles. The molecule has 0 aliphatic carbocycles. The highest BCUT2D eigenvalue weighted by Gasteiger charge is 2.02. The van der Waals surface area contributed by atoms with Crippen LogP contribution in [0.4, 0.5) is 0 Å². The molecule has 0 aromatic carbocycles. The van der Waals surface area contributed by atoms with E-state index in [1.54, 1.807) is 6.92 Å². The van der Waals surface area contributed by atoms with E-state index in [0.717, 1.165) is 0 Å². The van der Waals surface area contributed by atoms with Crippen molar-refractivity contribution in [3.8, 4) is 0 Å². The number of carbonyl (C=O) groups excluding carboxylic acids is 2. The van der Waals surface area contributed by atoms with Gasteiger partial charge in [-0.25, -0.2) is 10.3 Å². The van der Waals surface area contributed by atoms with Crippen LogP contribution < -0.4 is 5.48 Å². The lowest BCUT2D eigenvalue weighted by atomic mass is 10.4. The van der Waals surface area contributed by atoms with Crippen molar-refractivity contribution in [3.05, 3.63) is 12.3 Å². The summed E-state index contributed by atoms with van der Waals surface area (Å²) in [5.74, 6) is -0.679. The van der Waals surface area contributed by atoms with E-state index in [1.165, 1.54) is 6.92 Å². The predicted molar refractivity (Wildman–Crippen MR) is 39.3 cm³/mol. The Kier molecular flexibility index (Phi) is 3.95. The van der Waals surface area contributed by atoms with Crippen LogP contribution in [-0.4, -0.2) is 11.8 Å². The SMILES string of the molecule is C=C(NOC(=O)CC)C(C)=O. The minimum Gasteiger partial charge on any atom is -0.343 e. The Labute approximate surface area is 65.2 Å². The first-order valence-electron chi connectivity index (χ1n) is 3.23. The largest absolute Gasteiger partial charge is 0.343 e. The van der Waals surface area contributed by atoms with Crippen molar-refractivity contribution in [1.82, 2.24) is 5.48 Å². The molecule has 0 aromatic rings. The second-order valence-electron chi connectivity index (χ2n) is 1.96. The topological polar surface area (TPSA) is 55.4 Å². The van der Waals surface area contributed by atoms with E-state index in [1.807, 2.05) is 0 Å². The molecule has 0 radical (unpaired) electrons. The molecule has 0 atom stereocenters. The van der Waals surface area contributed by atoms with Crippen molar-refractivity contribution in [3.63, 3.8) is 0 Å². The van der Waals surface area contributed by atoms with Crippen molar-refractivity contribution in [2.24, 2.45) is 0 Å². The smallest absolute Gasteiger partial charge is 0.331 e. The van der Waals surface area contributed by atoms with E-state index < -0.39 is 5.97 Å². The quantitative estimate of drug-likeness (QED) is 0.478. The molecule has 62 valence electrons. The fourth-order valence-corrected chi connectivity index (χ4v) is 0.263. The zero-order valence-corrected chi connectivity index (χ0v) is 6.64. The van der Waals surface area contributed by atoms with Gasteiger partial charge in [0.2, 0.25) is 0 Å². The van der Waals surface area contributed by atoms with E-state index in [-0.39, 0.29) is 17.9 Å². The van der Waals surface area contributed by atoms with Crippen molar-refractivity contribution in [2.45, 2.75) is 20.3 Å². The van der Waals surface area contributed by atoms with Gasteiger partial charge in [0.15, 0.2) is 5.78 Å². The lowest BCUT2D eigenvalue weighted by Crippen LogP contribution is -2.21. The number of ketones is 1. The van der Waals surface area contributed by atoms with Crippen molar-refractivity contribution in [2.75, 3.05) is 0 Å². The Morgan fingerprint density at radius 3 is 2.45 bits per heavy atom. The molecule has 0 rings (SSSR count). The van der Waals surface area contributed by atoms with E-state index in [2.05, 4.69) is 16.9 Å². The second-order valence-corrected chi connectivity index (χ2v) is 1.96. The lowest BCUT2D eigenvalue weighted by molar-refractivity contribution is -0.149. The summed E-state index contributed by atoms with van der Waals surface area (Å²) in [6, 6.07) is 0. The molecule has 0 unspecified atom stereocenters. The maximum Gasteiger partial charge on any atom is 0.331 e. The number of nitrogens with one attached hydrogen (secondary N) is 1. The number of allylic oxidation sites excluding steroid dienone is 1. The summed E-state index contributed by atoms with van der Waals surface area (Å²) in [6.07, 6.45) is 0.262. The van der Waals surface area contributed by atoms with Gasteiger partial charge in [-0.2, -0.15) is 0 Å². The highest BCUT2D eigenvalue weighted by molar-refractivity contribution is 5.91. The molecule has 0 heterocycles. The fourth-order valence-electron chi connectivity index (χ4n) is 0.263. The predicted octanol–water partition coefficient (Wildman–Crippen LogP) is 0.547. The van der Waals surface area contributed by atoms with Gasteiger partial charge in [0.25, 0.3) is 0 Å². The molecule has 0 aliphatic rings. The van der Waals surface area contributed by atoms with Crippen LogP contribution in [0.1, 0.15) is 20.3 Å². The van der Waals surface area contributed by atoms with Crippen LogP contribution in [0.5, 0.6) is 0 Å². The summed E-state index contributed by atoms with van der Waals surface area (Å²) < 4.78 is 0. The second kappa shape index (κ2) is 4.49. The summed E-state index contributed by atoms with van der Waals surface area (Å²) in [6.45, 7) is 6.30. The normalized spacial score (nSPS) is 8.55. The minimum absolute atomic E-state index is 0.0757. The average molecular weight is 157 g/mol. The monoisotopic (exact) mass is 157 g/mol. The first-order valence-corrected chi connectivity index (χ1v) is 3.23. The molecule has 0 amide bonds. The van der Waals surface area contributed by atoms with Crippen LogP contribution in [-0.2, 0) is 14.4 Å². The van der Waals surface area contributed by atoms with Gasteiger partial charge in [0, 0.05) is 13.3 Å². The van der Waals surface area contributed by atoms with E-state index >= 15 is 0 Å². The third kappa shape index (κ3) is 4.13. The summed E-state index contributed by atoms with van der Waals surface area (Å²) in [5, 5.41) is 0. The van der Waals surface area contributed by atoms with Crippen molar-refractivity contribution in [1.29, 1.82) is 0 Å². The summed E-state index contributed by atoms with van der Waals surface area (Å²) >= 11 is 0. The highest BCUT2D eigenvalue weighted by atomic mass is 16.7. The van der Waals surface area contributed by atoms with Gasteiger partial charge in [-0.15, -0.1) is 0 Å². The average Bonchev–Trinajstić information content (AvgIpc) is 1.99. The van der Waals surface area contributed by atoms with Gasteiger partial charge in [0.05, 0.1) is 0 Å². The van der Waals surface area contributed by atoms with E-state index in [4.69, 9.17) is 0 Å². The number of hydrogen-bond acceptors (Lipinski definition) is 4. The van der Waals surface area contributed by atoms with Gasteiger partial charge >= 0.3 is 5.97 Å². The van der Waals surface area contributed by atoms with Gasteiger partial charge in [-0.05, 0) is 0 Å². The molecule has 0 saturated heterocycles. The molecule has 0 aromatic heterocycles. The molecule has 4 heteroatoms. The molecule has 1 N–H and O–H groups in total. The molecular formula is C7H11NO3. The minimum atomic E-state index is -0.424. The lowest BCUT2D eigenvalue weighted by Gasteiger charge is -2.04. The summed E-state index contributed by atoms with van der Waals surface area (Å²) in [5.41, 5.74) is 2.21. The number of hydroxylamine groups is 1. The Balaban J connectivity index is 3.63. The number of Topliss-reactive ketones (excluding diaryl/α,β-unsaturated/α-hetero) is 1. The zero-order chi connectivity index (χ0) is 8.85. The third-order valence-electron chi connectivity index (χ3n) is 1.00. The first-order chi connectivity index (χ1) is 5.07. The standard InChI is InChI=1S/C7H11NO3/c1-4-7(10)11-8-5(2)6(3)9/h8H,2,4H2,1,3H3. The maximum absolute atomic E-state index is 10.5. The molecule has 0 spiro atoms. The molecule has 0 bridgehead atoms. The van der Waals surface area contributed by atoms with Gasteiger partial charge in [0.1, 0.15) is 5.70 Å². The number of rotatable bonds is 4. The Hall–Kier alpha value is -1.32. The van der Waals surface area contributed by atoms with E-state index in [9.17, 15) is 9.59 Å². The van der Waals surface area contributed by atoms with Crippen LogP contribution in [0.15, 0.2) is 12.3 Å². The van der Waals surface area contributed by atoms with E-state index in [0.29, 0.717) is 0 Å². The Morgan fingerprint density at radius 2 is 2.09 bits per heavy atom. The highest BCUT2D eigenvalue weighted by Crippen LogP contribution is 1.87. The van der Waals surface area contributed by atoms with Crippen molar-refractivity contribution < 1.29 is 14.4 Å². The van der Waals surface area contributed by atoms with Crippen LogP contribution in [0.3, 0.4) is 0 Å². The molecule has 11 heavy (non-hydrogen) atoms.